The average molecular weight is 423 g/mol. The van der Waals surface area contributed by atoms with Crippen LogP contribution in [-0.4, -0.2) is 58.9 Å². The second-order valence-electron chi connectivity index (χ2n) is 6.86. The highest BCUT2D eigenvalue weighted by Crippen LogP contribution is 2.33. The van der Waals surface area contributed by atoms with Crippen LogP contribution in [0.1, 0.15) is 19.8 Å². The van der Waals surface area contributed by atoms with Crippen LogP contribution in [0.2, 0.25) is 5.02 Å². The van der Waals surface area contributed by atoms with Crippen LogP contribution in [0.4, 0.5) is 14.6 Å². The second-order valence-corrected chi connectivity index (χ2v) is 8.77. The van der Waals surface area contributed by atoms with E-state index in [0.29, 0.717) is 59.0 Å². The summed E-state index contributed by atoms with van der Waals surface area (Å²) in [5.74, 6) is -2.52. The Kier molecular flexibility index (Phi) is 5.32. The molecule has 0 bridgehead atoms. The normalized spacial score (nSPS) is 17.2. The van der Waals surface area contributed by atoms with Crippen molar-refractivity contribution in [1.29, 1.82) is 0 Å². The SMILES string of the molecule is Cn1cc(Cl)c2c(N3CCC(N(CC(C)(F)F)S(N)(=O)=O)CC3)ncnc21. The standard InChI is InChI=1S/C15H21ClF2N6O2S/c1-15(17,18)8-24(27(19,25)26)10-3-5-23(6-4-10)14-12-11(16)7-22(2)13(12)20-9-21-14/h7,9-10H,3-6,8H2,1-2H3,(H2,19,25,26). The van der Waals surface area contributed by atoms with E-state index in [-0.39, 0.29) is 0 Å². The third kappa shape index (κ3) is 4.31. The van der Waals surface area contributed by atoms with Gasteiger partial charge in [-0.1, -0.05) is 11.6 Å². The Morgan fingerprint density at radius 2 is 2.00 bits per heavy atom. The van der Waals surface area contributed by atoms with E-state index in [1.54, 1.807) is 10.8 Å². The van der Waals surface area contributed by atoms with Crippen molar-refractivity contribution < 1.29 is 17.2 Å². The molecule has 27 heavy (non-hydrogen) atoms. The molecule has 3 heterocycles. The van der Waals surface area contributed by atoms with E-state index in [4.69, 9.17) is 16.7 Å². The van der Waals surface area contributed by atoms with Crippen molar-refractivity contribution in [3.8, 4) is 0 Å². The van der Waals surface area contributed by atoms with Crippen molar-refractivity contribution in [1.82, 2.24) is 18.8 Å². The third-order valence-corrected chi connectivity index (χ3v) is 5.99. The van der Waals surface area contributed by atoms with Gasteiger partial charge < -0.3 is 9.47 Å². The van der Waals surface area contributed by atoms with E-state index >= 15 is 0 Å². The van der Waals surface area contributed by atoms with E-state index in [1.807, 2.05) is 11.9 Å². The largest absolute Gasteiger partial charge is 0.356 e. The molecule has 0 unspecified atom stereocenters. The van der Waals surface area contributed by atoms with Gasteiger partial charge in [-0.3, -0.25) is 0 Å². The van der Waals surface area contributed by atoms with Gasteiger partial charge in [0.15, 0.2) is 0 Å². The number of nitrogens with zero attached hydrogens (tertiary/aromatic N) is 5. The Bertz CT molecular complexity index is 938. The van der Waals surface area contributed by atoms with E-state index in [2.05, 4.69) is 9.97 Å². The first-order valence-corrected chi connectivity index (χ1v) is 10.2. The van der Waals surface area contributed by atoms with Gasteiger partial charge in [0.1, 0.15) is 17.8 Å². The van der Waals surface area contributed by atoms with Gasteiger partial charge in [0.2, 0.25) is 0 Å². The van der Waals surface area contributed by atoms with Gasteiger partial charge >= 0.3 is 0 Å². The molecule has 8 nitrogen and oxygen atoms in total. The molecule has 3 rings (SSSR count). The Hall–Kier alpha value is -1.56. The minimum absolute atomic E-state index is 0.350. The molecule has 0 amide bonds. The lowest BCUT2D eigenvalue weighted by Gasteiger charge is -2.38. The van der Waals surface area contributed by atoms with Gasteiger partial charge in [0.05, 0.1) is 17.0 Å². The molecule has 0 atom stereocenters. The number of fused-ring (bicyclic) bond motifs is 1. The first-order chi connectivity index (χ1) is 12.5. The number of aromatic nitrogens is 3. The van der Waals surface area contributed by atoms with Crippen molar-refractivity contribution in [2.24, 2.45) is 12.2 Å². The van der Waals surface area contributed by atoms with Crippen LogP contribution >= 0.6 is 11.6 Å². The monoisotopic (exact) mass is 422 g/mol. The minimum Gasteiger partial charge on any atom is -0.356 e. The number of anilines is 1. The number of nitrogens with two attached hydrogens (primary N) is 1. The molecule has 0 aliphatic carbocycles. The maximum absolute atomic E-state index is 13.4. The molecule has 0 saturated carbocycles. The van der Waals surface area contributed by atoms with Gasteiger partial charge in [-0.2, -0.15) is 12.7 Å². The van der Waals surface area contributed by atoms with Gasteiger partial charge in [-0.25, -0.2) is 23.9 Å². The summed E-state index contributed by atoms with van der Waals surface area (Å²) in [6, 6.07) is -0.592. The van der Waals surface area contributed by atoms with Crippen LogP contribution in [0.5, 0.6) is 0 Å². The molecule has 2 aromatic heterocycles. The molecular weight excluding hydrogens is 402 g/mol. The zero-order valence-electron chi connectivity index (χ0n) is 14.9. The fourth-order valence-electron chi connectivity index (χ4n) is 3.45. The molecule has 0 aromatic carbocycles. The summed E-state index contributed by atoms with van der Waals surface area (Å²) in [5, 5.41) is 6.40. The molecule has 150 valence electrons. The highest BCUT2D eigenvalue weighted by molar-refractivity contribution is 7.86. The van der Waals surface area contributed by atoms with E-state index in [0.717, 1.165) is 0 Å². The molecular formula is C15H21ClF2N6O2S. The summed E-state index contributed by atoms with van der Waals surface area (Å²) in [4.78, 5) is 10.5. The van der Waals surface area contributed by atoms with E-state index in [1.165, 1.54) is 6.33 Å². The fourth-order valence-corrected chi connectivity index (χ4v) is 4.80. The smallest absolute Gasteiger partial charge is 0.277 e. The first-order valence-electron chi connectivity index (χ1n) is 8.35. The quantitative estimate of drug-likeness (QED) is 0.791. The maximum Gasteiger partial charge on any atom is 0.277 e. The summed E-state index contributed by atoms with van der Waals surface area (Å²) in [6.45, 7) is 0.612. The Morgan fingerprint density at radius 1 is 1.37 bits per heavy atom. The number of alkyl halides is 2. The zero-order valence-corrected chi connectivity index (χ0v) is 16.5. The number of hydrogen-bond acceptors (Lipinski definition) is 5. The molecule has 1 saturated heterocycles. The number of rotatable bonds is 5. The predicted octanol–water partition coefficient (Wildman–Crippen LogP) is 1.75. The molecule has 1 fully saturated rings. The van der Waals surface area contributed by atoms with Crippen LogP contribution in [0.15, 0.2) is 12.5 Å². The molecule has 0 spiro atoms. The Labute approximate surface area is 161 Å². The Morgan fingerprint density at radius 3 is 2.56 bits per heavy atom. The Balaban J connectivity index is 1.81. The number of piperidine rings is 1. The molecule has 1 aliphatic heterocycles. The summed E-state index contributed by atoms with van der Waals surface area (Å²) in [7, 11) is -2.41. The second kappa shape index (κ2) is 7.12. The summed E-state index contributed by atoms with van der Waals surface area (Å²) < 4.78 is 52.9. The van der Waals surface area contributed by atoms with Crippen molar-refractivity contribution >= 4 is 38.7 Å². The van der Waals surface area contributed by atoms with Gasteiger partial charge in [-0.05, 0) is 12.8 Å². The molecule has 12 heteroatoms. The van der Waals surface area contributed by atoms with Crippen LogP contribution in [0, 0.1) is 0 Å². The van der Waals surface area contributed by atoms with Gasteiger partial charge in [-0.15, -0.1) is 0 Å². The zero-order chi connectivity index (χ0) is 20.0. The molecule has 0 radical (unpaired) electrons. The molecule has 1 aliphatic rings. The number of halogens is 3. The van der Waals surface area contributed by atoms with Crippen molar-refractivity contribution in [2.75, 3.05) is 24.5 Å². The van der Waals surface area contributed by atoms with Gasteiger partial charge in [0, 0.05) is 39.3 Å². The summed E-state index contributed by atoms with van der Waals surface area (Å²) >= 11 is 6.30. The third-order valence-electron chi connectivity index (χ3n) is 4.62. The highest BCUT2D eigenvalue weighted by atomic mass is 35.5. The number of aryl methyl sites for hydroxylation is 1. The van der Waals surface area contributed by atoms with Crippen LogP contribution in [0.3, 0.4) is 0 Å². The summed E-state index contributed by atoms with van der Waals surface area (Å²) in [5.41, 5.74) is 0.684. The van der Waals surface area contributed by atoms with E-state index in [9.17, 15) is 17.2 Å². The lowest BCUT2D eigenvalue weighted by atomic mass is 10.0. The fraction of sp³-hybridized carbons (Fsp3) is 0.600. The molecule has 2 N–H and O–H groups in total. The van der Waals surface area contributed by atoms with Crippen molar-refractivity contribution in [3.63, 3.8) is 0 Å². The first kappa shape index (κ1) is 20.2. The lowest BCUT2D eigenvalue weighted by molar-refractivity contribution is -0.00443. The van der Waals surface area contributed by atoms with Crippen molar-refractivity contribution in [3.05, 3.63) is 17.5 Å². The van der Waals surface area contributed by atoms with Crippen LogP contribution < -0.4 is 10.0 Å². The van der Waals surface area contributed by atoms with Crippen molar-refractivity contribution in [2.45, 2.75) is 31.7 Å². The lowest BCUT2D eigenvalue weighted by Crippen LogP contribution is -2.52. The van der Waals surface area contributed by atoms with Gasteiger partial charge in [0.25, 0.3) is 16.1 Å². The van der Waals surface area contributed by atoms with E-state index < -0.39 is 28.7 Å². The van der Waals surface area contributed by atoms with Crippen LogP contribution in [-0.2, 0) is 17.3 Å². The van der Waals surface area contributed by atoms with Crippen LogP contribution in [0.25, 0.3) is 11.0 Å². The topological polar surface area (TPSA) is 97.3 Å². The summed E-state index contributed by atoms with van der Waals surface area (Å²) in [6.07, 6.45) is 3.88. The maximum atomic E-state index is 13.4. The number of hydrogen-bond donors (Lipinski definition) is 1. The minimum atomic E-state index is -4.23. The molecule has 2 aromatic rings. The highest BCUT2D eigenvalue weighted by Gasteiger charge is 2.37. The average Bonchev–Trinajstić information content (AvgIpc) is 2.86. The predicted molar refractivity (Wildman–Crippen MR) is 99.2 cm³/mol.